The zero-order chi connectivity index (χ0) is 23.3. The van der Waals surface area contributed by atoms with Gasteiger partial charge in [-0.2, -0.15) is 0 Å². The third-order valence-corrected chi connectivity index (χ3v) is 7.57. The second-order valence-corrected chi connectivity index (χ2v) is 9.40. The molecule has 1 N–H and O–H groups in total. The first kappa shape index (κ1) is 24.2. The van der Waals surface area contributed by atoms with Crippen LogP contribution in [0.3, 0.4) is 0 Å². The van der Waals surface area contributed by atoms with E-state index in [1.54, 1.807) is 7.11 Å². The van der Waals surface area contributed by atoms with Gasteiger partial charge in [-0.05, 0) is 50.2 Å². The van der Waals surface area contributed by atoms with Gasteiger partial charge in [-0.3, -0.25) is 9.69 Å². The molecular weight excluding hydrogens is 420 g/mol. The summed E-state index contributed by atoms with van der Waals surface area (Å²) in [4.78, 5) is 19.6. The van der Waals surface area contributed by atoms with Crippen molar-refractivity contribution in [1.29, 1.82) is 0 Å². The molecule has 7 heteroatoms. The Morgan fingerprint density at radius 3 is 2.79 bits per heavy atom. The summed E-state index contributed by atoms with van der Waals surface area (Å²) in [5.41, 5.74) is 2.81. The largest absolute Gasteiger partial charge is 0.468 e. The predicted molar refractivity (Wildman–Crippen MR) is 127 cm³/mol. The topological polar surface area (TPSA) is 73.0 Å². The molecule has 182 valence electrons. The molecule has 0 aliphatic carbocycles. The minimum absolute atomic E-state index is 0.100. The highest BCUT2D eigenvalue weighted by molar-refractivity contribution is 5.91. The molecule has 3 heterocycles. The fourth-order valence-corrected chi connectivity index (χ4v) is 5.87. The Balaban J connectivity index is 1.46. The van der Waals surface area contributed by atoms with Crippen LogP contribution < -0.4 is 0 Å². The van der Waals surface area contributed by atoms with Crippen LogP contribution in [0.25, 0.3) is 10.9 Å². The molecule has 0 amide bonds. The zero-order valence-corrected chi connectivity index (χ0v) is 20.2. The number of benzene rings is 1. The Morgan fingerprint density at radius 2 is 1.97 bits per heavy atom. The molecule has 3 unspecified atom stereocenters. The van der Waals surface area contributed by atoms with E-state index in [1.165, 1.54) is 18.1 Å². The molecule has 4 atom stereocenters. The average molecular weight is 459 g/mol. The molecule has 0 radical (unpaired) electrons. The van der Waals surface area contributed by atoms with Gasteiger partial charge in [0.25, 0.3) is 0 Å². The number of fused-ring (bicyclic) bond motifs is 6. The number of aromatic amines is 1. The van der Waals surface area contributed by atoms with E-state index in [2.05, 4.69) is 35.0 Å². The lowest BCUT2D eigenvalue weighted by Crippen LogP contribution is -2.59. The number of esters is 1. The number of piperidine rings is 1. The number of carbonyl (C=O) groups excluding carboxylic acids is 1. The van der Waals surface area contributed by atoms with Crippen molar-refractivity contribution in [3.8, 4) is 0 Å². The number of hydrogen-bond acceptors (Lipinski definition) is 6. The van der Waals surface area contributed by atoms with E-state index in [9.17, 15) is 4.79 Å². The number of unbranched alkanes of at least 4 members (excludes halogenated alkanes) is 1. The first-order valence-corrected chi connectivity index (χ1v) is 12.2. The number of rotatable bonds is 11. The van der Waals surface area contributed by atoms with E-state index in [4.69, 9.17) is 18.9 Å². The Bertz CT molecular complexity index is 929. The smallest absolute Gasteiger partial charge is 0.319 e. The fraction of sp³-hybridized carbons (Fsp3) is 0.654. The number of aromatic nitrogens is 1. The number of methoxy groups -OCH3 is 2. The number of carbonyl (C=O) groups is 1. The van der Waals surface area contributed by atoms with Crippen LogP contribution in [0.2, 0.25) is 0 Å². The highest BCUT2D eigenvalue weighted by atomic mass is 16.7. The fourth-order valence-electron chi connectivity index (χ4n) is 5.87. The molecule has 2 aromatic rings. The van der Waals surface area contributed by atoms with E-state index in [1.807, 2.05) is 6.07 Å². The number of ether oxygens (including phenoxy) is 4. The molecule has 33 heavy (non-hydrogen) atoms. The van der Waals surface area contributed by atoms with Crippen LogP contribution in [0.1, 0.15) is 43.9 Å². The molecule has 2 aliphatic heterocycles. The summed E-state index contributed by atoms with van der Waals surface area (Å²) in [5.74, 6) is 0.326. The lowest BCUT2D eigenvalue weighted by Gasteiger charge is -2.48. The van der Waals surface area contributed by atoms with Crippen LogP contribution >= 0.6 is 0 Å². The quantitative estimate of drug-likeness (QED) is 0.315. The standard InChI is InChI=1S/C26H38N2O5/c1-19-26(25(29)31-3)16-20(8-6-7-13-32-18-33-15-14-30-2)17-28(19)12-11-22-21-9-4-5-10-23(21)27-24(22)26/h4-5,9-10,19-20,27H,6-8,11-18H2,1-3H3/t19?,20-,26?/m0/s1. The van der Waals surface area contributed by atoms with Crippen molar-refractivity contribution in [3.63, 3.8) is 0 Å². The number of nitrogens with one attached hydrogen (secondary N) is 1. The van der Waals surface area contributed by atoms with Crippen molar-refractivity contribution >= 4 is 16.9 Å². The van der Waals surface area contributed by atoms with E-state index in [-0.39, 0.29) is 12.0 Å². The van der Waals surface area contributed by atoms with Gasteiger partial charge in [0.15, 0.2) is 0 Å². The average Bonchev–Trinajstić information content (AvgIpc) is 3.19. The summed E-state index contributed by atoms with van der Waals surface area (Å²) < 4.78 is 21.3. The normalized spacial score (nSPS) is 26.7. The molecule has 1 aromatic carbocycles. The molecule has 0 saturated carbocycles. The Morgan fingerprint density at radius 1 is 1.15 bits per heavy atom. The lowest BCUT2D eigenvalue weighted by atomic mass is 9.67. The van der Waals surface area contributed by atoms with Crippen molar-refractivity contribution in [3.05, 3.63) is 35.5 Å². The van der Waals surface area contributed by atoms with Crippen LogP contribution in [0.5, 0.6) is 0 Å². The van der Waals surface area contributed by atoms with Gasteiger partial charge >= 0.3 is 5.97 Å². The predicted octanol–water partition coefficient (Wildman–Crippen LogP) is 3.65. The Hall–Kier alpha value is -1.93. The summed E-state index contributed by atoms with van der Waals surface area (Å²) >= 11 is 0. The van der Waals surface area contributed by atoms with Crippen molar-refractivity contribution in [2.75, 3.05) is 53.9 Å². The van der Waals surface area contributed by atoms with E-state index < -0.39 is 5.41 Å². The monoisotopic (exact) mass is 458 g/mol. The SMILES string of the molecule is COCCOCOCCCC[C@@H]1CN2CCc3c([nH]c4ccccc34)C(C(=O)OC)(C1)C2C. The number of para-hydroxylation sites is 1. The first-order valence-electron chi connectivity index (χ1n) is 12.2. The number of hydrogen-bond donors (Lipinski definition) is 1. The molecule has 4 rings (SSSR count). The van der Waals surface area contributed by atoms with Crippen LogP contribution in [0, 0.1) is 5.92 Å². The summed E-state index contributed by atoms with van der Waals surface area (Å²) in [6.07, 6.45) is 4.90. The second-order valence-electron chi connectivity index (χ2n) is 9.40. The van der Waals surface area contributed by atoms with Crippen molar-refractivity contribution < 1.29 is 23.7 Å². The minimum atomic E-state index is -0.659. The molecule has 1 fully saturated rings. The van der Waals surface area contributed by atoms with Crippen molar-refractivity contribution in [2.24, 2.45) is 5.92 Å². The Kier molecular flexibility index (Phi) is 8.07. The zero-order valence-electron chi connectivity index (χ0n) is 20.2. The third-order valence-electron chi connectivity index (χ3n) is 7.57. The van der Waals surface area contributed by atoms with Gasteiger partial charge in [0.2, 0.25) is 0 Å². The van der Waals surface area contributed by atoms with Crippen LogP contribution in [-0.4, -0.2) is 75.8 Å². The van der Waals surface area contributed by atoms with Gasteiger partial charge in [-0.1, -0.05) is 24.6 Å². The summed E-state index contributed by atoms with van der Waals surface area (Å²) in [6.45, 7) is 6.33. The van der Waals surface area contributed by atoms with Crippen LogP contribution in [0.15, 0.2) is 24.3 Å². The number of nitrogens with zero attached hydrogens (tertiary/aromatic N) is 1. The molecule has 0 spiro atoms. The summed E-state index contributed by atoms with van der Waals surface area (Å²) in [7, 11) is 3.18. The molecule has 1 saturated heterocycles. The molecular formula is C26H38N2O5. The van der Waals surface area contributed by atoms with Gasteiger partial charge in [0, 0.05) is 49.4 Å². The van der Waals surface area contributed by atoms with Gasteiger partial charge in [0.05, 0.1) is 20.3 Å². The number of H-pyrrole nitrogens is 1. The highest BCUT2D eigenvalue weighted by Gasteiger charge is 2.55. The molecule has 7 nitrogen and oxygen atoms in total. The maximum Gasteiger partial charge on any atom is 0.319 e. The lowest BCUT2D eigenvalue weighted by molar-refractivity contribution is -0.154. The van der Waals surface area contributed by atoms with Crippen molar-refractivity contribution in [2.45, 2.75) is 50.5 Å². The second kappa shape index (κ2) is 11.0. The molecule has 2 aliphatic rings. The van der Waals surface area contributed by atoms with Gasteiger partial charge < -0.3 is 23.9 Å². The van der Waals surface area contributed by atoms with Crippen LogP contribution in [0.4, 0.5) is 0 Å². The van der Waals surface area contributed by atoms with E-state index in [0.29, 0.717) is 32.5 Å². The molecule has 2 bridgehead atoms. The van der Waals surface area contributed by atoms with Gasteiger partial charge in [-0.15, -0.1) is 0 Å². The van der Waals surface area contributed by atoms with Gasteiger partial charge in [-0.25, -0.2) is 0 Å². The van der Waals surface area contributed by atoms with Crippen LogP contribution in [-0.2, 0) is 35.6 Å². The molecule has 1 aromatic heterocycles. The summed E-state index contributed by atoms with van der Waals surface area (Å²) in [5, 5.41) is 1.23. The van der Waals surface area contributed by atoms with Crippen molar-refractivity contribution in [1.82, 2.24) is 9.88 Å². The minimum Gasteiger partial charge on any atom is -0.468 e. The van der Waals surface area contributed by atoms with E-state index in [0.717, 1.165) is 56.4 Å². The third kappa shape index (κ3) is 4.83. The van der Waals surface area contributed by atoms with E-state index >= 15 is 0 Å². The van der Waals surface area contributed by atoms with Gasteiger partial charge in [0.1, 0.15) is 12.2 Å². The Labute approximate surface area is 196 Å². The maximum atomic E-state index is 13.5. The first-order chi connectivity index (χ1) is 16.1. The highest BCUT2D eigenvalue weighted by Crippen LogP contribution is 2.47. The maximum absolute atomic E-state index is 13.5. The summed E-state index contributed by atoms with van der Waals surface area (Å²) in [6, 6.07) is 8.50.